The third kappa shape index (κ3) is 4.18. The Labute approximate surface area is 120 Å². The molecule has 2 N–H and O–H groups in total. The van der Waals surface area contributed by atoms with Gasteiger partial charge in [-0.25, -0.2) is 0 Å². The van der Waals surface area contributed by atoms with Crippen LogP contribution in [0.5, 0.6) is 0 Å². The Morgan fingerprint density at radius 1 is 1.05 bits per heavy atom. The number of piperidine rings is 1. The first-order chi connectivity index (χ1) is 9.56. The molecule has 2 fully saturated rings. The SMILES string of the molecule is CN1CCN(CC(=O)N2CCCCC2)CC(C(N)=O)C1. The van der Waals surface area contributed by atoms with Crippen LogP contribution in [0.25, 0.3) is 0 Å². The maximum absolute atomic E-state index is 12.3. The number of likely N-dealkylation sites (tertiary alicyclic amines) is 1. The summed E-state index contributed by atoms with van der Waals surface area (Å²) in [5, 5.41) is 0. The molecular formula is C14H26N4O2. The summed E-state index contributed by atoms with van der Waals surface area (Å²) in [5.74, 6) is -0.261. The van der Waals surface area contributed by atoms with Crippen LogP contribution in [0, 0.1) is 5.92 Å². The molecular weight excluding hydrogens is 256 g/mol. The molecule has 6 heteroatoms. The van der Waals surface area contributed by atoms with E-state index in [9.17, 15) is 9.59 Å². The average Bonchev–Trinajstić information content (AvgIpc) is 2.62. The lowest BCUT2D eigenvalue weighted by Crippen LogP contribution is -2.45. The fourth-order valence-electron chi connectivity index (χ4n) is 3.00. The van der Waals surface area contributed by atoms with E-state index in [1.807, 2.05) is 11.9 Å². The number of carbonyl (C=O) groups is 2. The van der Waals surface area contributed by atoms with Crippen molar-refractivity contribution in [3.63, 3.8) is 0 Å². The number of amides is 2. The maximum Gasteiger partial charge on any atom is 0.236 e. The van der Waals surface area contributed by atoms with Gasteiger partial charge in [0.05, 0.1) is 12.5 Å². The molecule has 0 saturated carbocycles. The Kier molecular flexibility index (Phi) is 5.37. The highest BCUT2D eigenvalue weighted by molar-refractivity contribution is 5.79. The maximum atomic E-state index is 12.3. The van der Waals surface area contributed by atoms with Gasteiger partial charge in [-0.05, 0) is 26.3 Å². The van der Waals surface area contributed by atoms with Crippen LogP contribution in [0.2, 0.25) is 0 Å². The van der Waals surface area contributed by atoms with Gasteiger partial charge in [-0.15, -0.1) is 0 Å². The predicted octanol–water partition coefficient (Wildman–Crippen LogP) is -0.652. The van der Waals surface area contributed by atoms with Crippen LogP contribution in [0.15, 0.2) is 0 Å². The number of likely N-dealkylation sites (N-methyl/N-ethyl adjacent to an activating group) is 1. The van der Waals surface area contributed by atoms with E-state index >= 15 is 0 Å². The first kappa shape index (κ1) is 15.3. The molecule has 0 aromatic heterocycles. The topological polar surface area (TPSA) is 69.9 Å². The lowest BCUT2D eigenvalue weighted by Gasteiger charge is -2.30. The minimum Gasteiger partial charge on any atom is -0.369 e. The van der Waals surface area contributed by atoms with Crippen molar-refractivity contribution in [1.29, 1.82) is 0 Å². The molecule has 2 heterocycles. The Balaban J connectivity index is 1.89. The second-order valence-corrected chi connectivity index (χ2v) is 6.04. The Morgan fingerprint density at radius 2 is 1.75 bits per heavy atom. The van der Waals surface area contributed by atoms with Gasteiger partial charge >= 0.3 is 0 Å². The summed E-state index contributed by atoms with van der Waals surface area (Å²) in [6.45, 7) is 5.15. The van der Waals surface area contributed by atoms with Crippen LogP contribution in [-0.4, -0.2) is 79.4 Å². The predicted molar refractivity (Wildman–Crippen MR) is 77.1 cm³/mol. The second kappa shape index (κ2) is 7.04. The van der Waals surface area contributed by atoms with Gasteiger partial charge in [0.25, 0.3) is 0 Å². The molecule has 0 aromatic carbocycles. The number of carbonyl (C=O) groups excluding carboxylic acids is 2. The van der Waals surface area contributed by atoms with Gasteiger partial charge in [-0.3, -0.25) is 14.5 Å². The van der Waals surface area contributed by atoms with Crippen molar-refractivity contribution in [1.82, 2.24) is 14.7 Å². The van der Waals surface area contributed by atoms with Crippen LogP contribution in [0.3, 0.4) is 0 Å². The normalized spacial score (nSPS) is 26.2. The van der Waals surface area contributed by atoms with Gasteiger partial charge in [0.1, 0.15) is 0 Å². The van der Waals surface area contributed by atoms with E-state index in [4.69, 9.17) is 5.73 Å². The van der Waals surface area contributed by atoms with E-state index in [1.165, 1.54) is 6.42 Å². The summed E-state index contributed by atoms with van der Waals surface area (Å²) < 4.78 is 0. The molecule has 1 atom stereocenters. The average molecular weight is 282 g/mol. The molecule has 0 bridgehead atoms. The molecule has 20 heavy (non-hydrogen) atoms. The van der Waals surface area contributed by atoms with E-state index < -0.39 is 0 Å². The summed E-state index contributed by atoms with van der Waals surface area (Å²) in [6, 6.07) is 0. The lowest BCUT2D eigenvalue weighted by atomic mass is 10.1. The number of nitrogens with zero attached hydrogens (tertiary/aromatic N) is 3. The van der Waals surface area contributed by atoms with Crippen molar-refractivity contribution in [3.05, 3.63) is 0 Å². The van der Waals surface area contributed by atoms with E-state index in [0.29, 0.717) is 19.6 Å². The molecule has 2 amide bonds. The molecule has 0 aliphatic carbocycles. The van der Waals surface area contributed by atoms with Gasteiger partial charge in [0.15, 0.2) is 0 Å². The highest BCUT2D eigenvalue weighted by atomic mass is 16.2. The first-order valence-corrected chi connectivity index (χ1v) is 7.54. The molecule has 0 radical (unpaired) electrons. The Bertz CT molecular complexity index is 355. The minimum atomic E-state index is -0.269. The Morgan fingerprint density at radius 3 is 2.40 bits per heavy atom. The van der Waals surface area contributed by atoms with E-state index in [-0.39, 0.29) is 17.7 Å². The van der Waals surface area contributed by atoms with Crippen molar-refractivity contribution in [3.8, 4) is 0 Å². The van der Waals surface area contributed by atoms with Crippen LogP contribution < -0.4 is 5.73 Å². The van der Waals surface area contributed by atoms with Crippen LogP contribution in [0.4, 0.5) is 0 Å². The fourth-order valence-corrected chi connectivity index (χ4v) is 3.00. The molecule has 114 valence electrons. The molecule has 2 saturated heterocycles. The number of hydrogen-bond acceptors (Lipinski definition) is 4. The summed E-state index contributed by atoms with van der Waals surface area (Å²) in [4.78, 5) is 29.9. The molecule has 0 aromatic rings. The molecule has 2 aliphatic rings. The van der Waals surface area contributed by atoms with Gasteiger partial charge in [-0.2, -0.15) is 0 Å². The zero-order valence-corrected chi connectivity index (χ0v) is 12.4. The van der Waals surface area contributed by atoms with Crippen molar-refractivity contribution in [2.45, 2.75) is 19.3 Å². The van der Waals surface area contributed by atoms with Gasteiger partial charge < -0.3 is 15.5 Å². The molecule has 2 aliphatic heterocycles. The molecule has 6 nitrogen and oxygen atoms in total. The van der Waals surface area contributed by atoms with Crippen molar-refractivity contribution >= 4 is 11.8 Å². The first-order valence-electron chi connectivity index (χ1n) is 7.54. The summed E-state index contributed by atoms with van der Waals surface area (Å²) in [5.41, 5.74) is 5.45. The fraction of sp³-hybridized carbons (Fsp3) is 0.857. The zero-order valence-electron chi connectivity index (χ0n) is 12.4. The van der Waals surface area contributed by atoms with Crippen LogP contribution >= 0.6 is 0 Å². The minimum absolute atomic E-state index is 0.184. The van der Waals surface area contributed by atoms with Gasteiger partial charge in [0, 0.05) is 39.3 Å². The highest BCUT2D eigenvalue weighted by Crippen LogP contribution is 2.11. The largest absolute Gasteiger partial charge is 0.369 e. The highest BCUT2D eigenvalue weighted by Gasteiger charge is 2.27. The zero-order chi connectivity index (χ0) is 14.5. The molecule has 2 rings (SSSR count). The summed E-state index contributed by atoms with van der Waals surface area (Å²) in [6.07, 6.45) is 3.44. The number of rotatable bonds is 3. The van der Waals surface area contributed by atoms with Crippen LogP contribution in [0.1, 0.15) is 19.3 Å². The van der Waals surface area contributed by atoms with E-state index in [2.05, 4.69) is 9.80 Å². The third-order valence-electron chi connectivity index (χ3n) is 4.28. The summed E-state index contributed by atoms with van der Waals surface area (Å²) in [7, 11) is 1.99. The second-order valence-electron chi connectivity index (χ2n) is 6.04. The van der Waals surface area contributed by atoms with Crippen LogP contribution in [-0.2, 0) is 9.59 Å². The van der Waals surface area contributed by atoms with Gasteiger partial charge in [-0.1, -0.05) is 0 Å². The van der Waals surface area contributed by atoms with Crippen molar-refractivity contribution in [2.75, 3.05) is 52.9 Å². The third-order valence-corrected chi connectivity index (χ3v) is 4.28. The van der Waals surface area contributed by atoms with E-state index in [1.54, 1.807) is 0 Å². The standard InChI is InChI=1S/C14H26N4O2/c1-16-7-8-17(10-12(9-16)14(15)20)11-13(19)18-5-3-2-4-6-18/h12H,2-11H2,1H3,(H2,15,20). The molecule has 1 unspecified atom stereocenters. The Hall–Kier alpha value is -1.14. The number of nitrogens with two attached hydrogens (primary N) is 1. The van der Waals surface area contributed by atoms with Crippen molar-refractivity contribution < 1.29 is 9.59 Å². The lowest BCUT2D eigenvalue weighted by molar-refractivity contribution is -0.134. The molecule has 0 spiro atoms. The monoisotopic (exact) mass is 282 g/mol. The number of hydrogen-bond donors (Lipinski definition) is 1. The van der Waals surface area contributed by atoms with Crippen molar-refractivity contribution in [2.24, 2.45) is 11.7 Å². The number of primary amides is 1. The van der Waals surface area contributed by atoms with E-state index in [0.717, 1.165) is 39.0 Å². The smallest absolute Gasteiger partial charge is 0.236 e. The quantitative estimate of drug-likeness (QED) is 0.747. The summed E-state index contributed by atoms with van der Waals surface area (Å²) >= 11 is 0. The van der Waals surface area contributed by atoms with Gasteiger partial charge in [0.2, 0.25) is 11.8 Å².